The summed E-state index contributed by atoms with van der Waals surface area (Å²) in [6.45, 7) is 2.39. The van der Waals surface area contributed by atoms with E-state index < -0.39 is 17.6 Å². The van der Waals surface area contributed by atoms with Gasteiger partial charge >= 0.3 is 6.18 Å². The van der Waals surface area contributed by atoms with Crippen molar-refractivity contribution in [2.45, 2.75) is 26.1 Å². The number of hydrogen-bond acceptors (Lipinski definition) is 7. The minimum Gasteiger partial charge on any atom is -0.490 e. The SMILES string of the molecule is CCOc1cc(/C=N\NC(=O)Cc2csc(Nc3cccc(C(F)(F)F)c3)n2)ccc1OCc1cccc(F)c1. The first-order chi connectivity index (χ1) is 19.2. The third-order valence-electron chi connectivity index (χ3n) is 5.29. The molecule has 0 spiro atoms. The van der Waals surface area contributed by atoms with E-state index in [1.807, 2.05) is 6.92 Å². The van der Waals surface area contributed by atoms with Crippen molar-refractivity contribution < 1.29 is 31.8 Å². The molecule has 4 aromatic rings. The first-order valence-corrected chi connectivity index (χ1v) is 12.9. The maximum atomic E-state index is 13.4. The number of amides is 1. The predicted molar refractivity (Wildman–Crippen MR) is 145 cm³/mol. The molecule has 0 aliphatic rings. The van der Waals surface area contributed by atoms with Crippen molar-refractivity contribution in [2.75, 3.05) is 11.9 Å². The molecule has 0 aliphatic heterocycles. The number of hydrazone groups is 1. The number of carbonyl (C=O) groups is 1. The van der Waals surface area contributed by atoms with E-state index >= 15 is 0 Å². The zero-order valence-electron chi connectivity index (χ0n) is 21.2. The summed E-state index contributed by atoms with van der Waals surface area (Å²) in [6, 6.07) is 16.0. The van der Waals surface area contributed by atoms with Crippen LogP contribution in [0.25, 0.3) is 0 Å². The second-order valence-corrected chi connectivity index (χ2v) is 9.23. The van der Waals surface area contributed by atoms with Gasteiger partial charge in [-0.15, -0.1) is 11.3 Å². The summed E-state index contributed by atoms with van der Waals surface area (Å²) < 4.78 is 63.6. The number of hydrogen-bond donors (Lipinski definition) is 2. The Labute approximate surface area is 231 Å². The number of alkyl halides is 3. The molecule has 4 rings (SSSR count). The summed E-state index contributed by atoms with van der Waals surface area (Å²) in [6.07, 6.45) is -3.08. The highest BCUT2D eigenvalue weighted by Crippen LogP contribution is 2.32. The van der Waals surface area contributed by atoms with Gasteiger partial charge in [0.1, 0.15) is 12.4 Å². The molecule has 7 nitrogen and oxygen atoms in total. The molecule has 12 heteroatoms. The molecule has 0 saturated heterocycles. The van der Waals surface area contributed by atoms with Gasteiger partial charge in [0.05, 0.1) is 30.5 Å². The van der Waals surface area contributed by atoms with Crippen LogP contribution in [-0.2, 0) is 24.0 Å². The van der Waals surface area contributed by atoms with Crippen LogP contribution in [0.3, 0.4) is 0 Å². The highest BCUT2D eigenvalue weighted by Gasteiger charge is 2.30. The Morgan fingerprint density at radius 1 is 1.05 bits per heavy atom. The van der Waals surface area contributed by atoms with Gasteiger partial charge in [0.25, 0.3) is 0 Å². The second kappa shape index (κ2) is 13.1. The number of aromatic nitrogens is 1. The van der Waals surface area contributed by atoms with E-state index in [4.69, 9.17) is 9.47 Å². The van der Waals surface area contributed by atoms with Crippen LogP contribution in [0.15, 0.2) is 77.2 Å². The van der Waals surface area contributed by atoms with E-state index in [1.54, 1.807) is 35.7 Å². The van der Waals surface area contributed by atoms with E-state index in [2.05, 4.69) is 20.8 Å². The molecule has 0 bridgehead atoms. The van der Waals surface area contributed by atoms with E-state index in [1.165, 1.54) is 30.5 Å². The second-order valence-electron chi connectivity index (χ2n) is 8.38. The van der Waals surface area contributed by atoms with Crippen LogP contribution in [0.2, 0.25) is 0 Å². The van der Waals surface area contributed by atoms with E-state index in [-0.39, 0.29) is 24.5 Å². The van der Waals surface area contributed by atoms with Crippen molar-refractivity contribution in [3.05, 3.63) is 100 Å². The van der Waals surface area contributed by atoms with Crippen molar-refractivity contribution in [1.82, 2.24) is 10.4 Å². The maximum Gasteiger partial charge on any atom is 0.416 e. The lowest BCUT2D eigenvalue weighted by molar-refractivity contribution is -0.137. The minimum atomic E-state index is -4.45. The van der Waals surface area contributed by atoms with Crippen LogP contribution >= 0.6 is 11.3 Å². The summed E-state index contributed by atoms with van der Waals surface area (Å²) >= 11 is 1.16. The summed E-state index contributed by atoms with van der Waals surface area (Å²) in [7, 11) is 0. The van der Waals surface area contributed by atoms with Crippen molar-refractivity contribution in [3.8, 4) is 11.5 Å². The van der Waals surface area contributed by atoms with Gasteiger partial charge in [-0.3, -0.25) is 4.79 Å². The lowest BCUT2D eigenvalue weighted by Gasteiger charge is -2.12. The average molecular weight is 573 g/mol. The highest BCUT2D eigenvalue weighted by molar-refractivity contribution is 7.13. The van der Waals surface area contributed by atoms with Gasteiger partial charge in [0, 0.05) is 11.1 Å². The molecule has 1 heterocycles. The predicted octanol–water partition coefficient (Wildman–Crippen LogP) is 6.72. The van der Waals surface area contributed by atoms with Gasteiger partial charge < -0.3 is 14.8 Å². The number of nitrogens with zero attached hydrogens (tertiary/aromatic N) is 2. The van der Waals surface area contributed by atoms with Gasteiger partial charge in [-0.1, -0.05) is 18.2 Å². The highest BCUT2D eigenvalue weighted by atomic mass is 32.1. The molecule has 1 amide bonds. The number of ether oxygens (including phenoxy) is 2. The number of nitrogens with one attached hydrogen (secondary N) is 2. The van der Waals surface area contributed by atoms with Gasteiger partial charge in [-0.2, -0.15) is 18.3 Å². The molecule has 0 radical (unpaired) electrons. The van der Waals surface area contributed by atoms with Crippen molar-refractivity contribution in [2.24, 2.45) is 5.10 Å². The third kappa shape index (κ3) is 8.27. The van der Waals surface area contributed by atoms with Gasteiger partial charge in [-0.05, 0) is 66.6 Å². The molecule has 0 fully saturated rings. The van der Waals surface area contributed by atoms with Gasteiger partial charge in [-0.25, -0.2) is 14.8 Å². The number of anilines is 2. The Kier molecular flexibility index (Phi) is 9.33. The first-order valence-electron chi connectivity index (χ1n) is 12.0. The van der Waals surface area contributed by atoms with E-state index in [0.717, 1.165) is 23.5 Å². The Morgan fingerprint density at radius 3 is 2.65 bits per heavy atom. The Morgan fingerprint density at radius 2 is 1.88 bits per heavy atom. The van der Waals surface area contributed by atoms with Crippen LogP contribution in [0.1, 0.15) is 29.3 Å². The van der Waals surface area contributed by atoms with Crippen molar-refractivity contribution in [3.63, 3.8) is 0 Å². The van der Waals surface area contributed by atoms with Crippen LogP contribution < -0.4 is 20.2 Å². The number of carbonyl (C=O) groups excluding carboxylic acids is 1. The first kappa shape index (κ1) is 28.6. The molecule has 3 aromatic carbocycles. The number of halogens is 4. The largest absolute Gasteiger partial charge is 0.490 e. The average Bonchev–Trinajstić information content (AvgIpc) is 3.34. The van der Waals surface area contributed by atoms with E-state index in [0.29, 0.717) is 40.1 Å². The number of thiazole rings is 1. The molecule has 0 saturated carbocycles. The quantitative estimate of drug-likeness (QED) is 0.119. The third-order valence-corrected chi connectivity index (χ3v) is 6.09. The topological polar surface area (TPSA) is 84.8 Å². The normalized spacial score (nSPS) is 11.4. The monoisotopic (exact) mass is 572 g/mol. The summed E-state index contributed by atoms with van der Waals surface area (Å²) in [5, 5.41) is 8.78. The number of benzene rings is 3. The van der Waals surface area contributed by atoms with Gasteiger partial charge in [0.15, 0.2) is 16.6 Å². The van der Waals surface area contributed by atoms with E-state index in [9.17, 15) is 22.4 Å². The molecule has 2 N–H and O–H groups in total. The lowest BCUT2D eigenvalue weighted by Crippen LogP contribution is -2.19. The molecule has 1 aromatic heterocycles. The van der Waals surface area contributed by atoms with Crippen LogP contribution in [0.5, 0.6) is 11.5 Å². The minimum absolute atomic E-state index is 0.0742. The standard InChI is InChI=1S/C28H24F4N4O3S/c1-2-38-25-12-18(9-10-24(25)39-16-19-5-3-7-21(29)11-19)15-33-36-26(37)14-23-17-40-27(35-23)34-22-8-4-6-20(13-22)28(30,31)32/h3-13,15,17H,2,14,16H2,1H3,(H,34,35)(H,36,37)/b33-15-. The summed E-state index contributed by atoms with van der Waals surface area (Å²) in [5.41, 5.74) is 3.64. The fourth-order valence-electron chi connectivity index (χ4n) is 3.51. The van der Waals surface area contributed by atoms with Crippen LogP contribution in [-0.4, -0.2) is 23.7 Å². The zero-order chi connectivity index (χ0) is 28.5. The summed E-state index contributed by atoms with van der Waals surface area (Å²) in [4.78, 5) is 16.6. The molecular weight excluding hydrogens is 548 g/mol. The van der Waals surface area contributed by atoms with Crippen molar-refractivity contribution in [1.29, 1.82) is 0 Å². The van der Waals surface area contributed by atoms with Crippen LogP contribution in [0, 0.1) is 5.82 Å². The fourth-order valence-corrected chi connectivity index (χ4v) is 4.24. The lowest BCUT2D eigenvalue weighted by atomic mass is 10.2. The smallest absolute Gasteiger partial charge is 0.416 e. The molecule has 0 aliphatic carbocycles. The van der Waals surface area contributed by atoms with Crippen molar-refractivity contribution >= 4 is 34.3 Å². The Bertz CT molecular complexity index is 1490. The maximum absolute atomic E-state index is 13.4. The van der Waals surface area contributed by atoms with Crippen LogP contribution in [0.4, 0.5) is 28.4 Å². The Balaban J connectivity index is 1.31. The Hall–Kier alpha value is -4.45. The van der Waals surface area contributed by atoms with Gasteiger partial charge in [0.2, 0.25) is 5.91 Å². The molecule has 0 atom stereocenters. The molecule has 208 valence electrons. The zero-order valence-corrected chi connectivity index (χ0v) is 22.0. The molecule has 0 unspecified atom stereocenters. The summed E-state index contributed by atoms with van der Waals surface area (Å²) in [5.74, 6) is 0.178. The number of rotatable bonds is 11. The molecule has 40 heavy (non-hydrogen) atoms. The molecular formula is C28H24F4N4O3S. The fraction of sp³-hybridized carbons (Fsp3) is 0.179.